The standard InChI is InChI=1S/C22H16ClN2O4/c23-15-6-3-5-14(11-15)12-24-19-17-8-1-2-9-18(17)29-20(19)21(26)25(22(24)27)13-16-7-4-10-28-16/h1-11,20H,12-13H2/q+1. The van der Waals surface area contributed by atoms with Crippen LogP contribution in [0.25, 0.3) is 0 Å². The lowest BCUT2D eigenvalue weighted by atomic mass is 10.0. The van der Waals surface area contributed by atoms with E-state index in [-0.39, 0.29) is 13.1 Å². The van der Waals surface area contributed by atoms with Gasteiger partial charge in [0.1, 0.15) is 18.1 Å². The molecule has 7 heteroatoms. The number of para-hydroxylation sites is 1. The van der Waals surface area contributed by atoms with E-state index in [0.29, 0.717) is 22.2 Å². The van der Waals surface area contributed by atoms with E-state index < -0.39 is 18.0 Å². The van der Waals surface area contributed by atoms with Crippen LogP contribution in [-0.4, -0.2) is 33.2 Å². The summed E-state index contributed by atoms with van der Waals surface area (Å²) in [6, 6.07) is 17.7. The van der Waals surface area contributed by atoms with E-state index in [1.807, 2.05) is 30.3 Å². The largest absolute Gasteiger partial charge is 0.501 e. The summed E-state index contributed by atoms with van der Waals surface area (Å²) in [5.41, 5.74) is 2.17. The summed E-state index contributed by atoms with van der Waals surface area (Å²) in [6.45, 7) is 0.311. The second kappa shape index (κ2) is 6.90. The maximum absolute atomic E-state index is 13.4. The van der Waals surface area contributed by atoms with Gasteiger partial charge in [0, 0.05) is 5.02 Å². The number of nitrogens with zero attached hydrogens (tertiary/aromatic N) is 2. The summed E-state index contributed by atoms with van der Waals surface area (Å²) in [7, 11) is 0. The van der Waals surface area contributed by atoms with Gasteiger partial charge in [-0.15, -0.1) is 4.90 Å². The molecule has 0 radical (unpaired) electrons. The average Bonchev–Trinajstić information content (AvgIpc) is 3.36. The second-order valence-electron chi connectivity index (χ2n) is 6.88. The second-order valence-corrected chi connectivity index (χ2v) is 7.32. The highest BCUT2D eigenvalue weighted by molar-refractivity contribution is 6.30. The molecule has 0 fully saturated rings. The van der Waals surface area contributed by atoms with Crippen LogP contribution in [-0.2, 0) is 17.9 Å². The van der Waals surface area contributed by atoms with Crippen molar-refractivity contribution in [2.75, 3.05) is 0 Å². The van der Waals surface area contributed by atoms with Crippen molar-refractivity contribution in [2.24, 2.45) is 0 Å². The molecule has 29 heavy (non-hydrogen) atoms. The number of urea groups is 1. The minimum absolute atomic E-state index is 0.0419. The third-order valence-corrected chi connectivity index (χ3v) is 5.26. The Labute approximate surface area is 171 Å². The predicted molar refractivity (Wildman–Crippen MR) is 105 cm³/mol. The lowest BCUT2D eigenvalue weighted by Crippen LogP contribution is -2.57. The molecule has 6 nitrogen and oxygen atoms in total. The Morgan fingerprint density at radius 3 is 2.69 bits per heavy atom. The molecule has 0 spiro atoms. The molecule has 3 amide bonds. The van der Waals surface area contributed by atoms with E-state index in [1.165, 1.54) is 11.2 Å². The third kappa shape index (κ3) is 3.02. The number of ether oxygens (including phenoxy) is 1. The molecule has 0 saturated heterocycles. The lowest BCUT2D eigenvalue weighted by molar-refractivity contribution is -0.457. The van der Waals surface area contributed by atoms with Gasteiger partial charge in [-0.2, -0.15) is 9.37 Å². The van der Waals surface area contributed by atoms with Crippen molar-refractivity contribution in [3.05, 3.63) is 88.8 Å². The maximum atomic E-state index is 13.4. The van der Waals surface area contributed by atoms with E-state index in [2.05, 4.69) is 0 Å². The molecule has 1 atom stereocenters. The molecule has 1 unspecified atom stereocenters. The Kier molecular flexibility index (Phi) is 4.21. The molecule has 0 saturated carbocycles. The summed E-state index contributed by atoms with van der Waals surface area (Å²) in [6.07, 6.45) is 0.636. The van der Waals surface area contributed by atoms with Gasteiger partial charge in [0.15, 0.2) is 12.3 Å². The van der Waals surface area contributed by atoms with E-state index in [0.717, 1.165) is 11.1 Å². The minimum atomic E-state index is -0.876. The number of benzene rings is 2. The summed E-state index contributed by atoms with van der Waals surface area (Å²) >= 11 is 6.13. The van der Waals surface area contributed by atoms with E-state index in [9.17, 15) is 9.59 Å². The highest BCUT2D eigenvalue weighted by Crippen LogP contribution is 2.33. The first-order valence-corrected chi connectivity index (χ1v) is 9.52. The van der Waals surface area contributed by atoms with Gasteiger partial charge in [0.2, 0.25) is 0 Å². The van der Waals surface area contributed by atoms with Gasteiger partial charge >= 0.3 is 11.9 Å². The fourth-order valence-corrected chi connectivity index (χ4v) is 3.93. The van der Waals surface area contributed by atoms with Crippen molar-refractivity contribution in [1.82, 2.24) is 4.90 Å². The first-order chi connectivity index (χ1) is 14.1. The van der Waals surface area contributed by atoms with Gasteiger partial charge in [-0.05, 0) is 42.0 Å². The monoisotopic (exact) mass is 407 g/mol. The summed E-state index contributed by atoms with van der Waals surface area (Å²) < 4.78 is 12.9. The molecule has 0 aliphatic carbocycles. The van der Waals surface area contributed by atoms with E-state index >= 15 is 0 Å². The van der Waals surface area contributed by atoms with Crippen molar-refractivity contribution in [3.8, 4) is 5.75 Å². The van der Waals surface area contributed by atoms with Crippen LogP contribution in [0, 0.1) is 0 Å². The average molecular weight is 408 g/mol. The number of halogens is 1. The van der Waals surface area contributed by atoms with E-state index in [1.54, 1.807) is 34.9 Å². The summed E-state index contributed by atoms with van der Waals surface area (Å²) in [5, 5.41) is 0.583. The summed E-state index contributed by atoms with van der Waals surface area (Å²) in [4.78, 5) is 27.7. The molecule has 1 aromatic heterocycles. The molecule has 2 aromatic carbocycles. The zero-order valence-electron chi connectivity index (χ0n) is 15.2. The number of carbonyl (C=O) groups excluding carboxylic acids is 2. The van der Waals surface area contributed by atoms with Gasteiger partial charge in [-0.1, -0.05) is 35.9 Å². The zero-order valence-corrected chi connectivity index (χ0v) is 16.0. The van der Waals surface area contributed by atoms with Crippen LogP contribution in [0.1, 0.15) is 16.9 Å². The Morgan fingerprint density at radius 1 is 1.03 bits per heavy atom. The number of hydrogen-bond donors (Lipinski definition) is 0. The van der Waals surface area contributed by atoms with Crippen LogP contribution in [0.15, 0.2) is 71.3 Å². The van der Waals surface area contributed by atoms with Crippen molar-refractivity contribution < 1.29 is 23.3 Å². The highest BCUT2D eigenvalue weighted by Gasteiger charge is 2.53. The smallest absolute Gasteiger partial charge is 0.469 e. The Hall–Kier alpha value is -3.38. The van der Waals surface area contributed by atoms with Gasteiger partial charge in [-0.25, -0.2) is 4.79 Å². The molecule has 0 N–H and O–H groups in total. The minimum Gasteiger partial charge on any atom is -0.469 e. The SMILES string of the molecule is O=C1C2Oc3ccccc3C2=[N+](Cc2cccc(Cl)c2)C(=O)N1Cc1ccco1. The molecular formula is C22H16ClN2O4+. The van der Waals surface area contributed by atoms with Gasteiger partial charge in [-0.3, -0.25) is 0 Å². The zero-order chi connectivity index (χ0) is 20.0. The fraction of sp³-hybridized carbons (Fsp3) is 0.136. The number of fused-ring (bicyclic) bond motifs is 3. The molecule has 2 aliphatic rings. The number of rotatable bonds is 4. The number of hydrogen-bond acceptors (Lipinski definition) is 4. The topological polar surface area (TPSA) is 62.8 Å². The third-order valence-electron chi connectivity index (χ3n) is 5.02. The molecule has 144 valence electrons. The highest BCUT2D eigenvalue weighted by atomic mass is 35.5. The Morgan fingerprint density at radius 2 is 1.90 bits per heavy atom. The molecule has 3 heterocycles. The normalized spacial score (nSPS) is 18.0. The first-order valence-electron chi connectivity index (χ1n) is 9.14. The van der Waals surface area contributed by atoms with Crippen LogP contribution in [0.3, 0.4) is 0 Å². The fourth-order valence-electron chi connectivity index (χ4n) is 3.72. The van der Waals surface area contributed by atoms with Crippen LogP contribution < -0.4 is 4.74 Å². The van der Waals surface area contributed by atoms with Crippen molar-refractivity contribution in [1.29, 1.82) is 0 Å². The Balaban J connectivity index is 1.62. The van der Waals surface area contributed by atoms with Gasteiger partial charge in [0.05, 0.1) is 11.8 Å². The summed E-state index contributed by atoms with van der Waals surface area (Å²) in [5.74, 6) is 0.706. The van der Waals surface area contributed by atoms with E-state index in [4.69, 9.17) is 20.8 Å². The number of carbonyl (C=O) groups is 2. The quantitative estimate of drug-likeness (QED) is 0.616. The van der Waals surface area contributed by atoms with Crippen molar-refractivity contribution in [2.45, 2.75) is 19.2 Å². The van der Waals surface area contributed by atoms with Crippen LogP contribution in [0.2, 0.25) is 5.02 Å². The van der Waals surface area contributed by atoms with Crippen LogP contribution in [0.4, 0.5) is 4.79 Å². The molecule has 3 aromatic rings. The molecule has 0 bridgehead atoms. The molecular weight excluding hydrogens is 392 g/mol. The number of imide groups is 1. The molecule has 2 aliphatic heterocycles. The lowest BCUT2D eigenvalue weighted by Gasteiger charge is -2.24. The van der Waals surface area contributed by atoms with Crippen LogP contribution >= 0.6 is 11.6 Å². The predicted octanol–water partition coefficient (Wildman–Crippen LogP) is 3.86. The van der Waals surface area contributed by atoms with Gasteiger partial charge in [0.25, 0.3) is 6.10 Å². The number of amides is 3. The van der Waals surface area contributed by atoms with Crippen LogP contribution in [0.5, 0.6) is 5.75 Å². The Bertz CT molecular complexity index is 1150. The van der Waals surface area contributed by atoms with Crippen molar-refractivity contribution in [3.63, 3.8) is 0 Å². The molecule has 5 rings (SSSR count). The van der Waals surface area contributed by atoms with Crippen molar-refractivity contribution >= 4 is 29.3 Å². The first kappa shape index (κ1) is 17.7. The maximum Gasteiger partial charge on any atom is 0.501 e. The number of furan rings is 1. The van der Waals surface area contributed by atoms with Gasteiger partial charge < -0.3 is 9.15 Å².